The summed E-state index contributed by atoms with van der Waals surface area (Å²) in [6.45, 7) is 8.48. The minimum Gasteiger partial charge on any atom is -0.285 e. The minimum atomic E-state index is -4.67. The third-order valence-corrected chi connectivity index (χ3v) is 4.45. The van der Waals surface area contributed by atoms with E-state index in [0.717, 1.165) is 18.8 Å². The normalized spacial score (nSPS) is 17.0. The molecule has 26 heavy (non-hydrogen) atoms. The zero-order valence-corrected chi connectivity index (χ0v) is 15.6. The second-order valence-corrected chi connectivity index (χ2v) is 7.09. The van der Waals surface area contributed by atoms with Gasteiger partial charge in [0.25, 0.3) is 0 Å². The summed E-state index contributed by atoms with van der Waals surface area (Å²) in [5.41, 5.74) is 3.28. The molecule has 2 heterocycles. The predicted octanol–water partition coefficient (Wildman–Crippen LogP) is 3.26. The molecule has 1 aliphatic rings. The highest BCUT2D eigenvalue weighted by Crippen LogP contribution is 2.38. The van der Waals surface area contributed by atoms with Crippen LogP contribution in [-0.2, 0) is 15.9 Å². The van der Waals surface area contributed by atoms with E-state index in [-0.39, 0.29) is 5.54 Å². The van der Waals surface area contributed by atoms with Crippen molar-refractivity contribution in [2.75, 3.05) is 13.1 Å². The van der Waals surface area contributed by atoms with E-state index in [4.69, 9.17) is 17.5 Å². The van der Waals surface area contributed by atoms with E-state index < -0.39 is 10.4 Å². The van der Waals surface area contributed by atoms with Gasteiger partial charge in [0.15, 0.2) is 0 Å². The Kier molecular flexibility index (Phi) is 6.66. The van der Waals surface area contributed by atoms with Crippen LogP contribution in [0.4, 0.5) is 0 Å². The first-order valence-corrected chi connectivity index (χ1v) is 9.74. The van der Waals surface area contributed by atoms with E-state index in [9.17, 15) is 0 Å². The highest BCUT2D eigenvalue weighted by atomic mass is 32.3. The number of hydrogen-bond acceptors (Lipinski definition) is 4. The van der Waals surface area contributed by atoms with Crippen LogP contribution in [0.25, 0.3) is 0 Å². The number of pyridine rings is 1. The summed E-state index contributed by atoms with van der Waals surface area (Å²) in [5.74, 6) is 0. The quantitative estimate of drug-likeness (QED) is 0.629. The molecule has 0 saturated carbocycles. The molecule has 1 aromatic carbocycles. The standard InChI is InChI=1S/C19H22N2.H2O4S/c1-3-19(21-14-6-7-15-21,18-8-4-5-13-20-18)17-11-9-16(2)10-12-17;1-5(2,3)4/h3-5,8-13H,1,6-7,14-15H2,2H3;(H2,1,2,3,4). The Bertz CT molecular complexity index is 808. The maximum Gasteiger partial charge on any atom is 0.394 e. The van der Waals surface area contributed by atoms with Gasteiger partial charge in [-0.25, -0.2) is 0 Å². The van der Waals surface area contributed by atoms with E-state index in [1.54, 1.807) is 0 Å². The van der Waals surface area contributed by atoms with Crippen molar-refractivity contribution in [1.29, 1.82) is 0 Å². The van der Waals surface area contributed by atoms with Crippen molar-refractivity contribution in [3.8, 4) is 0 Å². The molecule has 1 saturated heterocycles. The van der Waals surface area contributed by atoms with Gasteiger partial charge in [0.05, 0.1) is 5.69 Å². The molecule has 6 nitrogen and oxygen atoms in total. The lowest BCUT2D eigenvalue weighted by Gasteiger charge is -2.39. The third kappa shape index (κ3) is 4.98. The molecule has 0 amide bonds. The van der Waals surface area contributed by atoms with Crippen LogP contribution in [0.3, 0.4) is 0 Å². The van der Waals surface area contributed by atoms with Gasteiger partial charge in [0.1, 0.15) is 5.54 Å². The molecule has 3 rings (SSSR count). The maximum absolute atomic E-state index is 8.74. The number of aromatic nitrogens is 1. The van der Waals surface area contributed by atoms with Gasteiger partial charge in [-0.15, -0.1) is 6.58 Å². The largest absolute Gasteiger partial charge is 0.394 e. The molecule has 2 aromatic rings. The van der Waals surface area contributed by atoms with Crippen LogP contribution in [0.15, 0.2) is 61.3 Å². The molecule has 1 aliphatic heterocycles. The minimum absolute atomic E-state index is 0.314. The van der Waals surface area contributed by atoms with Gasteiger partial charge < -0.3 is 0 Å². The van der Waals surface area contributed by atoms with Crippen LogP contribution in [0, 0.1) is 6.92 Å². The van der Waals surface area contributed by atoms with Crippen LogP contribution in [0.1, 0.15) is 29.7 Å². The van der Waals surface area contributed by atoms with Gasteiger partial charge in [-0.3, -0.25) is 19.0 Å². The molecule has 0 bridgehead atoms. The molecular weight excluding hydrogens is 352 g/mol. The van der Waals surface area contributed by atoms with Gasteiger partial charge in [0, 0.05) is 6.20 Å². The van der Waals surface area contributed by atoms with Crippen molar-refractivity contribution in [3.05, 3.63) is 78.1 Å². The molecule has 1 fully saturated rings. The van der Waals surface area contributed by atoms with E-state index in [2.05, 4.69) is 65.9 Å². The maximum atomic E-state index is 8.74. The zero-order chi connectivity index (χ0) is 19.2. The molecule has 1 aromatic heterocycles. The molecule has 7 heteroatoms. The fraction of sp³-hybridized carbons (Fsp3) is 0.316. The second kappa shape index (κ2) is 8.55. The first-order valence-electron chi connectivity index (χ1n) is 8.34. The number of hydrogen-bond donors (Lipinski definition) is 2. The van der Waals surface area contributed by atoms with Crippen LogP contribution >= 0.6 is 0 Å². The molecule has 1 unspecified atom stereocenters. The number of rotatable bonds is 4. The SMILES string of the molecule is C=CC(c1ccc(C)cc1)(c1ccccn1)N1CCCC1.O=S(=O)(O)O. The topological polar surface area (TPSA) is 90.7 Å². The number of benzene rings is 1. The molecule has 0 spiro atoms. The van der Waals surface area contributed by atoms with E-state index in [1.165, 1.54) is 24.0 Å². The smallest absolute Gasteiger partial charge is 0.285 e. The Balaban J connectivity index is 0.000000431. The third-order valence-electron chi connectivity index (χ3n) is 4.45. The first kappa shape index (κ1) is 20.3. The molecule has 2 N–H and O–H groups in total. The highest BCUT2D eigenvalue weighted by Gasteiger charge is 2.39. The monoisotopic (exact) mass is 376 g/mol. The van der Waals surface area contributed by atoms with E-state index in [1.807, 2.05) is 12.3 Å². The molecule has 0 aliphatic carbocycles. The van der Waals surface area contributed by atoms with Crippen molar-refractivity contribution in [3.63, 3.8) is 0 Å². The Morgan fingerprint density at radius 1 is 1.12 bits per heavy atom. The fourth-order valence-corrected chi connectivity index (χ4v) is 3.31. The lowest BCUT2D eigenvalue weighted by molar-refractivity contribution is 0.203. The average Bonchev–Trinajstić information content (AvgIpc) is 3.12. The number of likely N-dealkylation sites (tertiary alicyclic amines) is 1. The molecule has 140 valence electrons. The molecular formula is C19H24N2O4S. The number of aryl methyl sites for hydroxylation is 1. The molecule has 0 radical (unpaired) electrons. The second-order valence-electron chi connectivity index (χ2n) is 6.19. The van der Waals surface area contributed by atoms with Crippen LogP contribution < -0.4 is 0 Å². The Morgan fingerprint density at radius 3 is 2.15 bits per heavy atom. The van der Waals surface area contributed by atoms with Gasteiger partial charge in [-0.05, 0) is 50.6 Å². The van der Waals surface area contributed by atoms with Crippen molar-refractivity contribution in [1.82, 2.24) is 9.88 Å². The van der Waals surface area contributed by atoms with Crippen LogP contribution in [0.5, 0.6) is 0 Å². The predicted molar refractivity (Wildman–Crippen MR) is 101 cm³/mol. The van der Waals surface area contributed by atoms with Gasteiger partial charge in [-0.2, -0.15) is 8.42 Å². The van der Waals surface area contributed by atoms with Crippen LogP contribution in [-0.4, -0.2) is 40.5 Å². The Morgan fingerprint density at radius 2 is 1.69 bits per heavy atom. The fourth-order valence-electron chi connectivity index (χ4n) is 3.31. The van der Waals surface area contributed by atoms with E-state index >= 15 is 0 Å². The summed E-state index contributed by atoms with van der Waals surface area (Å²) < 4.78 is 31.6. The zero-order valence-electron chi connectivity index (χ0n) is 14.7. The summed E-state index contributed by atoms with van der Waals surface area (Å²) in [5, 5.41) is 0. The lowest BCUT2D eigenvalue weighted by atomic mass is 9.84. The van der Waals surface area contributed by atoms with Gasteiger partial charge in [0.2, 0.25) is 0 Å². The summed E-state index contributed by atoms with van der Waals surface area (Å²) in [6, 6.07) is 14.9. The molecule has 1 atom stereocenters. The van der Waals surface area contributed by atoms with Crippen LogP contribution in [0.2, 0.25) is 0 Å². The van der Waals surface area contributed by atoms with Gasteiger partial charge in [-0.1, -0.05) is 42.0 Å². The summed E-state index contributed by atoms with van der Waals surface area (Å²) in [7, 11) is -4.67. The Hall–Kier alpha value is -2.06. The average molecular weight is 376 g/mol. The van der Waals surface area contributed by atoms with Crippen molar-refractivity contribution in [2.45, 2.75) is 25.3 Å². The summed E-state index contributed by atoms with van der Waals surface area (Å²) in [4.78, 5) is 7.16. The summed E-state index contributed by atoms with van der Waals surface area (Å²) in [6.07, 6.45) is 6.42. The van der Waals surface area contributed by atoms with E-state index in [0.29, 0.717) is 0 Å². The van der Waals surface area contributed by atoms with Crippen molar-refractivity contribution in [2.24, 2.45) is 0 Å². The highest BCUT2D eigenvalue weighted by molar-refractivity contribution is 7.79. The Labute approximate surface area is 154 Å². The summed E-state index contributed by atoms with van der Waals surface area (Å²) >= 11 is 0. The van der Waals surface area contributed by atoms with Gasteiger partial charge >= 0.3 is 10.4 Å². The first-order chi connectivity index (χ1) is 12.3. The van der Waals surface area contributed by atoms with Crippen molar-refractivity contribution >= 4 is 10.4 Å². The van der Waals surface area contributed by atoms with Crippen molar-refractivity contribution < 1.29 is 17.5 Å². The number of nitrogens with zero attached hydrogens (tertiary/aromatic N) is 2. The lowest BCUT2D eigenvalue weighted by Crippen LogP contribution is -2.44.